The molecule has 0 saturated carbocycles. The van der Waals surface area contributed by atoms with Crippen LogP contribution in [-0.2, 0) is 17.8 Å². The van der Waals surface area contributed by atoms with Crippen molar-refractivity contribution >= 4 is 28.3 Å². The molecule has 0 aliphatic rings. The van der Waals surface area contributed by atoms with Crippen LogP contribution in [0.1, 0.15) is 5.56 Å². The molecule has 0 aliphatic carbocycles. The number of nitrogens with zero attached hydrogens (tertiary/aromatic N) is 3. The van der Waals surface area contributed by atoms with Gasteiger partial charge < -0.3 is 9.88 Å². The summed E-state index contributed by atoms with van der Waals surface area (Å²) in [4.78, 5) is 21.5. The molecular weight excluding hydrogens is 344 g/mol. The van der Waals surface area contributed by atoms with Crippen molar-refractivity contribution in [2.24, 2.45) is 0 Å². The smallest absolute Gasteiger partial charge is 0.240 e. The molecule has 0 spiro atoms. The highest BCUT2D eigenvalue weighted by Gasteiger charge is 2.16. The third-order valence-electron chi connectivity index (χ3n) is 4.20. The zero-order valence-electron chi connectivity index (χ0n) is 14.1. The Morgan fingerprint density at radius 2 is 1.88 bits per heavy atom. The molecule has 0 radical (unpaired) electrons. The van der Waals surface area contributed by atoms with Gasteiger partial charge in [-0.05, 0) is 24.1 Å². The van der Waals surface area contributed by atoms with Crippen LogP contribution in [0.25, 0.3) is 22.6 Å². The number of hydrogen-bond donors (Lipinski definition) is 1. The molecular formula is C20H18N4OS. The number of rotatable bonds is 6. The average molecular weight is 362 g/mol. The van der Waals surface area contributed by atoms with E-state index < -0.39 is 0 Å². The van der Waals surface area contributed by atoms with Gasteiger partial charge >= 0.3 is 0 Å². The molecule has 130 valence electrons. The van der Waals surface area contributed by atoms with Gasteiger partial charge in [-0.15, -0.1) is 11.3 Å². The van der Waals surface area contributed by atoms with Crippen molar-refractivity contribution in [3.05, 3.63) is 71.1 Å². The number of para-hydroxylation sites is 2. The second-order valence-electron chi connectivity index (χ2n) is 5.97. The van der Waals surface area contributed by atoms with Gasteiger partial charge in [-0.3, -0.25) is 4.79 Å². The van der Waals surface area contributed by atoms with Crippen molar-refractivity contribution in [1.29, 1.82) is 0 Å². The molecule has 4 rings (SSSR count). The van der Waals surface area contributed by atoms with Crippen molar-refractivity contribution in [2.45, 2.75) is 13.0 Å². The maximum Gasteiger partial charge on any atom is 0.240 e. The van der Waals surface area contributed by atoms with Crippen LogP contribution in [0.4, 0.5) is 0 Å². The molecule has 2 heterocycles. The van der Waals surface area contributed by atoms with Crippen LogP contribution in [0.3, 0.4) is 0 Å². The lowest BCUT2D eigenvalue weighted by molar-refractivity contribution is -0.121. The van der Waals surface area contributed by atoms with Crippen LogP contribution in [-0.4, -0.2) is 27.0 Å². The Bertz CT molecular complexity index is 1010. The van der Waals surface area contributed by atoms with E-state index in [9.17, 15) is 4.79 Å². The number of nitrogens with one attached hydrogen (secondary N) is 1. The Morgan fingerprint density at radius 3 is 2.69 bits per heavy atom. The number of carbonyl (C=O) groups excluding carboxylic acids is 1. The standard InChI is InChI=1S/C20H18N4OS/c25-19(21-11-10-15-6-2-1-3-7-15)12-24-18-9-5-4-8-16(18)23-20(24)17-13-26-14-22-17/h1-9,13-14H,10-12H2,(H,21,25). The highest BCUT2D eigenvalue weighted by molar-refractivity contribution is 7.07. The van der Waals surface area contributed by atoms with Crippen LogP contribution in [0.5, 0.6) is 0 Å². The zero-order valence-corrected chi connectivity index (χ0v) is 14.9. The Balaban J connectivity index is 1.51. The van der Waals surface area contributed by atoms with E-state index in [1.807, 2.05) is 52.4 Å². The van der Waals surface area contributed by atoms with Gasteiger partial charge in [0.25, 0.3) is 0 Å². The third kappa shape index (κ3) is 3.50. The molecule has 1 N–H and O–H groups in total. The lowest BCUT2D eigenvalue weighted by atomic mass is 10.1. The largest absolute Gasteiger partial charge is 0.354 e. The van der Waals surface area contributed by atoms with E-state index in [2.05, 4.69) is 27.4 Å². The second kappa shape index (κ2) is 7.49. The Kier molecular flexibility index (Phi) is 4.75. The second-order valence-corrected chi connectivity index (χ2v) is 6.69. The summed E-state index contributed by atoms with van der Waals surface area (Å²) in [5.74, 6) is 0.700. The zero-order chi connectivity index (χ0) is 17.8. The molecule has 4 aromatic rings. The summed E-state index contributed by atoms with van der Waals surface area (Å²) >= 11 is 1.52. The highest BCUT2D eigenvalue weighted by Crippen LogP contribution is 2.24. The van der Waals surface area contributed by atoms with Crippen LogP contribution < -0.4 is 5.32 Å². The molecule has 2 aromatic carbocycles. The molecule has 5 nitrogen and oxygen atoms in total. The van der Waals surface area contributed by atoms with E-state index >= 15 is 0 Å². The van der Waals surface area contributed by atoms with Crippen LogP contribution in [0, 0.1) is 0 Å². The van der Waals surface area contributed by atoms with Gasteiger partial charge in [0, 0.05) is 11.9 Å². The number of imidazole rings is 1. The van der Waals surface area contributed by atoms with Crippen molar-refractivity contribution < 1.29 is 4.79 Å². The number of fused-ring (bicyclic) bond motifs is 1. The van der Waals surface area contributed by atoms with E-state index in [4.69, 9.17) is 0 Å². The Hall–Kier alpha value is -2.99. The summed E-state index contributed by atoms with van der Waals surface area (Å²) in [6.45, 7) is 0.837. The lowest BCUT2D eigenvalue weighted by Crippen LogP contribution is -2.29. The molecule has 6 heteroatoms. The number of benzene rings is 2. The minimum Gasteiger partial charge on any atom is -0.354 e. The van der Waals surface area contributed by atoms with Crippen molar-refractivity contribution in [3.63, 3.8) is 0 Å². The van der Waals surface area contributed by atoms with Gasteiger partial charge in [0.1, 0.15) is 12.2 Å². The third-order valence-corrected chi connectivity index (χ3v) is 4.78. The van der Waals surface area contributed by atoms with E-state index in [1.165, 1.54) is 16.9 Å². The first kappa shape index (κ1) is 16.5. The first-order valence-corrected chi connectivity index (χ1v) is 9.40. The number of hydrogen-bond acceptors (Lipinski definition) is 4. The van der Waals surface area contributed by atoms with Crippen LogP contribution in [0.2, 0.25) is 0 Å². The molecule has 26 heavy (non-hydrogen) atoms. The minimum atomic E-state index is -0.0273. The van der Waals surface area contributed by atoms with Gasteiger partial charge in [0.2, 0.25) is 5.91 Å². The van der Waals surface area contributed by atoms with E-state index in [-0.39, 0.29) is 12.5 Å². The summed E-state index contributed by atoms with van der Waals surface area (Å²) in [5.41, 5.74) is 5.59. The maximum atomic E-state index is 12.5. The van der Waals surface area contributed by atoms with Crippen LogP contribution in [0.15, 0.2) is 65.5 Å². The molecule has 0 unspecified atom stereocenters. The SMILES string of the molecule is O=C(Cn1c(-c2cscn2)nc2ccccc21)NCCc1ccccc1. The molecule has 0 aliphatic heterocycles. The topological polar surface area (TPSA) is 59.8 Å². The fourth-order valence-electron chi connectivity index (χ4n) is 2.94. The summed E-state index contributed by atoms with van der Waals surface area (Å²) in [5, 5.41) is 4.95. The van der Waals surface area contributed by atoms with E-state index in [0.717, 1.165) is 29.0 Å². The van der Waals surface area contributed by atoms with Crippen molar-refractivity contribution in [3.8, 4) is 11.5 Å². The maximum absolute atomic E-state index is 12.5. The number of carbonyl (C=O) groups is 1. The summed E-state index contributed by atoms with van der Waals surface area (Å²) in [6, 6.07) is 18.0. The van der Waals surface area contributed by atoms with E-state index in [1.54, 1.807) is 5.51 Å². The Labute approximate surface area is 155 Å². The van der Waals surface area contributed by atoms with Gasteiger partial charge in [-0.2, -0.15) is 0 Å². The fourth-order valence-corrected chi connectivity index (χ4v) is 3.47. The first-order valence-electron chi connectivity index (χ1n) is 8.46. The Morgan fingerprint density at radius 1 is 1.08 bits per heavy atom. The molecule has 0 atom stereocenters. The van der Waals surface area contributed by atoms with Gasteiger partial charge in [0.05, 0.1) is 16.5 Å². The van der Waals surface area contributed by atoms with Gasteiger partial charge in [-0.1, -0.05) is 42.5 Å². The van der Waals surface area contributed by atoms with Crippen molar-refractivity contribution in [2.75, 3.05) is 6.54 Å². The fraction of sp³-hybridized carbons (Fsp3) is 0.150. The molecule has 2 aromatic heterocycles. The summed E-state index contributed by atoms with van der Waals surface area (Å²) in [7, 11) is 0. The molecule has 1 amide bonds. The predicted octanol–water partition coefficient (Wildman–Crippen LogP) is 3.52. The monoisotopic (exact) mass is 362 g/mol. The summed E-state index contributed by atoms with van der Waals surface area (Å²) < 4.78 is 1.93. The predicted molar refractivity (Wildman–Crippen MR) is 104 cm³/mol. The van der Waals surface area contributed by atoms with E-state index in [0.29, 0.717) is 6.54 Å². The molecule has 0 bridgehead atoms. The first-order chi connectivity index (χ1) is 12.8. The average Bonchev–Trinajstić information content (AvgIpc) is 3.31. The number of aromatic nitrogens is 3. The number of amides is 1. The quantitative estimate of drug-likeness (QED) is 0.571. The number of thiazole rings is 1. The molecule has 0 saturated heterocycles. The normalized spacial score (nSPS) is 10.9. The van der Waals surface area contributed by atoms with Gasteiger partial charge in [-0.25, -0.2) is 9.97 Å². The van der Waals surface area contributed by atoms with Gasteiger partial charge in [0.15, 0.2) is 5.82 Å². The molecule has 0 fully saturated rings. The highest BCUT2D eigenvalue weighted by atomic mass is 32.1. The lowest BCUT2D eigenvalue weighted by Gasteiger charge is -2.09. The van der Waals surface area contributed by atoms with Crippen molar-refractivity contribution in [1.82, 2.24) is 19.9 Å². The van der Waals surface area contributed by atoms with Crippen LogP contribution >= 0.6 is 11.3 Å². The summed E-state index contributed by atoms with van der Waals surface area (Å²) in [6.07, 6.45) is 0.816. The minimum absolute atomic E-state index is 0.0273.